The van der Waals surface area contributed by atoms with Crippen molar-refractivity contribution in [3.8, 4) is 5.75 Å². The van der Waals surface area contributed by atoms with Crippen LogP contribution in [0.15, 0.2) is 18.2 Å². The fourth-order valence-corrected chi connectivity index (χ4v) is 4.56. The van der Waals surface area contributed by atoms with E-state index < -0.39 is 27.7 Å². The summed E-state index contributed by atoms with van der Waals surface area (Å²) in [4.78, 5) is 39.3. The maximum atomic E-state index is 12.7. The standard InChI is InChI=1S/C23H31NO8/c1-21(2,20(26)30-11-5-6-12-31-24(28)29)15-7-8-17-18-14-16(25)9-10-23(18,27)22(3,4)32-19(17)13-15/h7-8,13,18,27H,5-6,9-12,14H2,1-4H3/t18-,23+/m1/s1. The molecule has 3 rings (SSSR count). The first kappa shape index (κ1) is 24.0. The number of hydrogen-bond acceptors (Lipinski definition) is 8. The second-order valence-corrected chi connectivity index (χ2v) is 9.61. The number of carbonyl (C=O) groups excluding carboxylic acids is 2. The van der Waals surface area contributed by atoms with Crippen LogP contribution in [-0.2, 0) is 24.6 Å². The smallest absolute Gasteiger partial charge is 0.315 e. The fraction of sp³-hybridized carbons (Fsp3) is 0.652. The van der Waals surface area contributed by atoms with E-state index in [4.69, 9.17) is 9.47 Å². The summed E-state index contributed by atoms with van der Waals surface area (Å²) < 4.78 is 11.6. The van der Waals surface area contributed by atoms with Gasteiger partial charge in [-0.3, -0.25) is 9.59 Å². The lowest BCUT2D eigenvalue weighted by Gasteiger charge is -2.53. The molecule has 1 heterocycles. The fourth-order valence-electron chi connectivity index (χ4n) is 4.56. The van der Waals surface area contributed by atoms with Crippen molar-refractivity contribution < 1.29 is 34.1 Å². The van der Waals surface area contributed by atoms with Crippen molar-refractivity contribution in [3.63, 3.8) is 0 Å². The lowest BCUT2D eigenvalue weighted by molar-refractivity contribution is -0.757. The first-order chi connectivity index (χ1) is 14.9. The number of Topliss-reactive ketones (excluding diaryl/α,β-unsaturated/α-hetero) is 1. The first-order valence-electron chi connectivity index (χ1n) is 10.9. The number of ketones is 1. The third kappa shape index (κ3) is 4.44. The molecule has 1 N–H and O–H groups in total. The number of fused-ring (bicyclic) bond motifs is 3. The number of hydrogen-bond donors (Lipinski definition) is 1. The van der Waals surface area contributed by atoms with Crippen molar-refractivity contribution in [2.24, 2.45) is 0 Å². The summed E-state index contributed by atoms with van der Waals surface area (Å²) in [5.41, 5.74) is -1.51. The number of esters is 1. The van der Waals surface area contributed by atoms with Crippen molar-refractivity contribution in [2.45, 2.75) is 82.3 Å². The average molecular weight is 450 g/mol. The lowest BCUT2D eigenvalue weighted by Crippen LogP contribution is -2.62. The van der Waals surface area contributed by atoms with E-state index in [-0.39, 0.29) is 31.3 Å². The van der Waals surface area contributed by atoms with E-state index in [1.165, 1.54) is 0 Å². The van der Waals surface area contributed by atoms with Gasteiger partial charge in [-0.05, 0) is 58.6 Å². The zero-order valence-corrected chi connectivity index (χ0v) is 19.0. The Morgan fingerprint density at radius 1 is 1.31 bits per heavy atom. The highest BCUT2D eigenvalue weighted by Crippen LogP contribution is 2.54. The quantitative estimate of drug-likeness (QED) is 0.277. The van der Waals surface area contributed by atoms with Gasteiger partial charge in [0.15, 0.2) is 0 Å². The Bertz CT molecular complexity index is 909. The third-order valence-corrected chi connectivity index (χ3v) is 6.79. The molecule has 0 spiro atoms. The molecule has 1 aliphatic carbocycles. The van der Waals surface area contributed by atoms with Gasteiger partial charge in [0.1, 0.15) is 22.7 Å². The van der Waals surface area contributed by atoms with Crippen molar-refractivity contribution in [3.05, 3.63) is 39.4 Å². The molecule has 0 amide bonds. The van der Waals surface area contributed by atoms with Gasteiger partial charge in [0.05, 0.1) is 18.6 Å². The average Bonchev–Trinajstić information content (AvgIpc) is 2.71. The summed E-state index contributed by atoms with van der Waals surface area (Å²) in [6.07, 6.45) is 1.81. The molecule has 0 bridgehead atoms. The zero-order chi connectivity index (χ0) is 23.7. The summed E-state index contributed by atoms with van der Waals surface area (Å²) in [7, 11) is 0. The van der Waals surface area contributed by atoms with Gasteiger partial charge >= 0.3 is 5.97 Å². The highest BCUT2D eigenvalue weighted by atomic mass is 16.9. The molecule has 2 aliphatic rings. The molecule has 32 heavy (non-hydrogen) atoms. The normalized spacial score (nSPS) is 24.0. The Labute approximate surface area is 187 Å². The van der Waals surface area contributed by atoms with Crippen molar-refractivity contribution >= 4 is 11.8 Å². The van der Waals surface area contributed by atoms with Gasteiger partial charge in [0.25, 0.3) is 5.09 Å². The SMILES string of the molecule is CC(C)(C(=O)OCCCCO[N+](=O)[O-])c1ccc2c(c1)OC(C)(C)[C@]1(O)CCC(=O)C[C@H]21. The molecule has 1 fully saturated rings. The molecule has 0 aromatic heterocycles. The Hall–Kier alpha value is -2.68. The predicted octanol–water partition coefficient (Wildman–Crippen LogP) is 3.23. The van der Waals surface area contributed by atoms with Gasteiger partial charge in [-0.2, -0.15) is 0 Å². The van der Waals surface area contributed by atoms with Gasteiger partial charge < -0.3 is 19.4 Å². The van der Waals surface area contributed by atoms with E-state index in [0.717, 1.165) is 5.56 Å². The second kappa shape index (κ2) is 8.69. The minimum atomic E-state index is -1.14. The minimum Gasteiger partial charge on any atom is -0.485 e. The monoisotopic (exact) mass is 449 g/mol. The van der Waals surface area contributed by atoms with Gasteiger partial charge in [0, 0.05) is 24.3 Å². The maximum Gasteiger partial charge on any atom is 0.315 e. The van der Waals surface area contributed by atoms with E-state index in [2.05, 4.69) is 4.84 Å². The van der Waals surface area contributed by atoms with Gasteiger partial charge in [-0.1, -0.05) is 12.1 Å². The van der Waals surface area contributed by atoms with Crippen LogP contribution < -0.4 is 4.74 Å². The molecule has 1 aromatic rings. The molecule has 0 saturated heterocycles. The zero-order valence-electron chi connectivity index (χ0n) is 19.0. The van der Waals surface area contributed by atoms with E-state index in [9.17, 15) is 24.8 Å². The number of ether oxygens (including phenoxy) is 2. The molecule has 0 radical (unpaired) electrons. The van der Waals surface area contributed by atoms with Crippen LogP contribution >= 0.6 is 0 Å². The molecule has 9 nitrogen and oxygen atoms in total. The minimum absolute atomic E-state index is 0.0398. The summed E-state index contributed by atoms with van der Waals surface area (Å²) in [6, 6.07) is 5.44. The molecule has 9 heteroatoms. The van der Waals surface area contributed by atoms with Crippen molar-refractivity contribution in [1.29, 1.82) is 0 Å². The van der Waals surface area contributed by atoms with E-state index in [0.29, 0.717) is 37.0 Å². The van der Waals surface area contributed by atoms with Gasteiger partial charge in [-0.25, -0.2) is 0 Å². The van der Waals surface area contributed by atoms with Crippen LogP contribution in [0.3, 0.4) is 0 Å². The van der Waals surface area contributed by atoms with Crippen LogP contribution in [0.5, 0.6) is 5.75 Å². The Morgan fingerprint density at radius 2 is 2.00 bits per heavy atom. The molecular formula is C23H31NO8. The number of carbonyl (C=O) groups is 2. The molecule has 2 atom stereocenters. The van der Waals surface area contributed by atoms with E-state index >= 15 is 0 Å². The Morgan fingerprint density at radius 3 is 2.69 bits per heavy atom. The summed E-state index contributed by atoms with van der Waals surface area (Å²) in [6.45, 7) is 7.25. The van der Waals surface area contributed by atoms with Crippen molar-refractivity contribution in [2.75, 3.05) is 13.2 Å². The first-order valence-corrected chi connectivity index (χ1v) is 10.9. The predicted molar refractivity (Wildman–Crippen MR) is 114 cm³/mol. The number of unbranched alkanes of at least 4 members (excludes halogenated alkanes) is 1. The van der Waals surface area contributed by atoms with Crippen LogP contribution in [0.1, 0.15) is 76.8 Å². The summed E-state index contributed by atoms with van der Waals surface area (Å²) >= 11 is 0. The number of nitrogens with zero attached hydrogens (tertiary/aromatic N) is 1. The lowest BCUT2D eigenvalue weighted by atomic mass is 9.62. The Balaban J connectivity index is 1.74. The molecule has 0 unspecified atom stereocenters. The molecule has 1 aromatic carbocycles. The summed E-state index contributed by atoms with van der Waals surface area (Å²) in [5.74, 6) is -0.0883. The third-order valence-electron chi connectivity index (χ3n) is 6.79. The highest BCUT2D eigenvalue weighted by molar-refractivity contribution is 5.83. The topological polar surface area (TPSA) is 125 Å². The molecular weight excluding hydrogens is 418 g/mol. The van der Waals surface area contributed by atoms with Crippen LogP contribution in [0.2, 0.25) is 0 Å². The molecule has 1 saturated carbocycles. The highest BCUT2D eigenvalue weighted by Gasteiger charge is 2.57. The van der Waals surface area contributed by atoms with Crippen LogP contribution in [0.4, 0.5) is 0 Å². The van der Waals surface area contributed by atoms with E-state index in [1.807, 2.05) is 26.0 Å². The Kier molecular flexibility index (Phi) is 6.51. The van der Waals surface area contributed by atoms with Crippen molar-refractivity contribution in [1.82, 2.24) is 0 Å². The van der Waals surface area contributed by atoms with E-state index in [1.54, 1.807) is 19.9 Å². The summed E-state index contributed by atoms with van der Waals surface area (Å²) in [5, 5.41) is 20.7. The number of aliphatic hydroxyl groups is 1. The van der Waals surface area contributed by atoms with Gasteiger partial charge in [0.2, 0.25) is 0 Å². The number of rotatable bonds is 8. The van der Waals surface area contributed by atoms with Crippen LogP contribution in [0.25, 0.3) is 0 Å². The largest absolute Gasteiger partial charge is 0.485 e. The molecule has 176 valence electrons. The van der Waals surface area contributed by atoms with Crippen LogP contribution in [-0.4, -0.2) is 46.4 Å². The van der Waals surface area contributed by atoms with Gasteiger partial charge in [-0.15, -0.1) is 10.1 Å². The van der Waals surface area contributed by atoms with Crippen LogP contribution in [0, 0.1) is 10.1 Å². The molecule has 1 aliphatic heterocycles. The number of benzene rings is 1. The maximum absolute atomic E-state index is 12.7. The second-order valence-electron chi connectivity index (χ2n) is 9.61.